The molecule has 3 heteroatoms. The van der Waals surface area contributed by atoms with Gasteiger partial charge in [0, 0.05) is 6.42 Å². The van der Waals surface area contributed by atoms with E-state index in [2.05, 4.69) is 33.8 Å². The van der Waals surface area contributed by atoms with Crippen LogP contribution in [0, 0.1) is 11.3 Å². The summed E-state index contributed by atoms with van der Waals surface area (Å²) in [7, 11) is 0. The lowest BCUT2D eigenvalue weighted by molar-refractivity contribution is -0.0846. The molecule has 1 aromatic carbocycles. The van der Waals surface area contributed by atoms with Gasteiger partial charge < -0.3 is 9.47 Å². The van der Waals surface area contributed by atoms with Crippen molar-refractivity contribution in [2.75, 3.05) is 0 Å². The lowest BCUT2D eigenvalue weighted by atomic mass is 9.97. The van der Waals surface area contributed by atoms with Crippen molar-refractivity contribution in [2.45, 2.75) is 57.8 Å². The van der Waals surface area contributed by atoms with Crippen LogP contribution in [0.15, 0.2) is 24.3 Å². The van der Waals surface area contributed by atoms with Gasteiger partial charge in [-0.1, -0.05) is 12.1 Å². The van der Waals surface area contributed by atoms with Crippen LogP contribution in [0.1, 0.15) is 39.7 Å². The van der Waals surface area contributed by atoms with Crippen LogP contribution in [0.3, 0.4) is 0 Å². The molecule has 0 N–H and O–H groups in total. The number of nitriles is 1. The standard InChI is InChI=1S/C16H21NO2/c1-15(2)11-14(16(3,4)19-15)18-13-7-5-12(6-8-13)9-10-17/h5-8,14H,9,11H2,1-4H3. The number of nitrogens with zero attached hydrogens (tertiary/aromatic N) is 1. The van der Waals surface area contributed by atoms with Gasteiger partial charge in [0.1, 0.15) is 17.5 Å². The topological polar surface area (TPSA) is 42.2 Å². The lowest BCUT2D eigenvalue weighted by Gasteiger charge is -2.27. The third-order valence-corrected chi connectivity index (χ3v) is 3.48. The van der Waals surface area contributed by atoms with Crippen LogP contribution in [-0.4, -0.2) is 17.3 Å². The highest BCUT2D eigenvalue weighted by Crippen LogP contribution is 2.39. The van der Waals surface area contributed by atoms with Crippen LogP contribution in [-0.2, 0) is 11.2 Å². The summed E-state index contributed by atoms with van der Waals surface area (Å²) < 4.78 is 12.1. The van der Waals surface area contributed by atoms with Gasteiger partial charge in [-0.2, -0.15) is 5.26 Å². The normalized spacial score (nSPS) is 23.8. The Kier molecular flexibility index (Phi) is 3.56. The Hall–Kier alpha value is -1.53. The molecule has 1 fully saturated rings. The van der Waals surface area contributed by atoms with Gasteiger partial charge in [0.15, 0.2) is 0 Å². The molecule has 0 aliphatic carbocycles. The van der Waals surface area contributed by atoms with Gasteiger partial charge in [-0.15, -0.1) is 0 Å². The first-order valence-electron chi connectivity index (χ1n) is 6.65. The first kappa shape index (κ1) is 13.9. The van der Waals surface area contributed by atoms with Gasteiger partial charge in [-0.05, 0) is 45.4 Å². The summed E-state index contributed by atoms with van der Waals surface area (Å²) in [4.78, 5) is 0. The zero-order valence-corrected chi connectivity index (χ0v) is 12.1. The fourth-order valence-corrected chi connectivity index (χ4v) is 2.64. The van der Waals surface area contributed by atoms with Crippen molar-refractivity contribution in [1.82, 2.24) is 0 Å². The Labute approximate surface area is 115 Å². The Morgan fingerprint density at radius 3 is 2.37 bits per heavy atom. The Morgan fingerprint density at radius 2 is 1.89 bits per heavy atom. The fourth-order valence-electron chi connectivity index (χ4n) is 2.64. The summed E-state index contributed by atoms with van der Waals surface area (Å²) in [5.74, 6) is 0.834. The van der Waals surface area contributed by atoms with E-state index in [1.165, 1.54) is 0 Å². The minimum absolute atomic E-state index is 0.0457. The molecular weight excluding hydrogens is 238 g/mol. The van der Waals surface area contributed by atoms with E-state index in [0.717, 1.165) is 17.7 Å². The fraction of sp³-hybridized carbons (Fsp3) is 0.562. The Balaban J connectivity index is 2.07. The van der Waals surface area contributed by atoms with E-state index in [9.17, 15) is 0 Å². The highest BCUT2D eigenvalue weighted by atomic mass is 16.6. The minimum atomic E-state index is -0.283. The maximum absolute atomic E-state index is 8.65. The summed E-state index contributed by atoms with van der Waals surface area (Å²) >= 11 is 0. The molecule has 0 amide bonds. The van der Waals surface area contributed by atoms with Crippen molar-refractivity contribution in [2.24, 2.45) is 0 Å². The maximum Gasteiger partial charge on any atom is 0.130 e. The molecule has 0 aromatic heterocycles. The van der Waals surface area contributed by atoms with Crippen molar-refractivity contribution in [3.05, 3.63) is 29.8 Å². The molecular formula is C16H21NO2. The average molecular weight is 259 g/mol. The van der Waals surface area contributed by atoms with Crippen molar-refractivity contribution in [1.29, 1.82) is 5.26 Å². The van der Waals surface area contributed by atoms with Gasteiger partial charge >= 0.3 is 0 Å². The average Bonchev–Trinajstić information content (AvgIpc) is 2.50. The van der Waals surface area contributed by atoms with E-state index in [4.69, 9.17) is 14.7 Å². The van der Waals surface area contributed by atoms with Crippen LogP contribution < -0.4 is 4.74 Å². The number of rotatable bonds is 3. The third-order valence-electron chi connectivity index (χ3n) is 3.48. The molecule has 102 valence electrons. The lowest BCUT2D eigenvalue weighted by Crippen LogP contribution is -2.36. The van der Waals surface area contributed by atoms with Gasteiger partial charge in [0.2, 0.25) is 0 Å². The second kappa shape index (κ2) is 4.86. The molecule has 1 aliphatic rings. The Morgan fingerprint density at radius 1 is 1.26 bits per heavy atom. The summed E-state index contributed by atoms with van der Waals surface area (Å²) in [5, 5.41) is 8.65. The maximum atomic E-state index is 8.65. The number of hydrogen-bond donors (Lipinski definition) is 0. The molecule has 2 rings (SSSR count). The van der Waals surface area contributed by atoms with Crippen molar-refractivity contribution >= 4 is 0 Å². The molecule has 0 radical (unpaired) electrons. The summed E-state index contributed by atoms with van der Waals surface area (Å²) in [5.41, 5.74) is 0.584. The predicted molar refractivity (Wildman–Crippen MR) is 74.0 cm³/mol. The minimum Gasteiger partial charge on any atom is -0.487 e. The van der Waals surface area contributed by atoms with Crippen molar-refractivity contribution < 1.29 is 9.47 Å². The summed E-state index contributed by atoms with van der Waals surface area (Å²) in [6, 6.07) is 9.86. The SMILES string of the molecule is CC1(C)CC(Oc2ccc(CC#N)cc2)C(C)(C)O1. The van der Waals surface area contributed by atoms with Crippen LogP contribution in [0.2, 0.25) is 0 Å². The summed E-state index contributed by atoms with van der Waals surface area (Å²) in [6.07, 6.45) is 1.36. The third kappa shape index (κ3) is 3.27. The highest BCUT2D eigenvalue weighted by Gasteiger charge is 2.47. The molecule has 1 aromatic rings. The van der Waals surface area contributed by atoms with E-state index in [-0.39, 0.29) is 17.3 Å². The first-order chi connectivity index (χ1) is 8.82. The number of benzene rings is 1. The Bertz CT molecular complexity index is 482. The molecule has 0 spiro atoms. The molecule has 1 heterocycles. The van der Waals surface area contributed by atoms with Gasteiger partial charge in [-0.3, -0.25) is 0 Å². The molecule has 1 unspecified atom stereocenters. The monoisotopic (exact) mass is 259 g/mol. The van der Waals surface area contributed by atoms with Crippen LogP contribution >= 0.6 is 0 Å². The molecule has 1 atom stereocenters. The first-order valence-corrected chi connectivity index (χ1v) is 6.65. The van der Waals surface area contributed by atoms with Crippen molar-refractivity contribution in [3.8, 4) is 11.8 Å². The van der Waals surface area contributed by atoms with Crippen LogP contribution in [0.25, 0.3) is 0 Å². The van der Waals surface area contributed by atoms with E-state index in [1.54, 1.807) is 0 Å². The van der Waals surface area contributed by atoms with Crippen molar-refractivity contribution in [3.63, 3.8) is 0 Å². The summed E-state index contributed by atoms with van der Waals surface area (Å²) in [6.45, 7) is 8.31. The van der Waals surface area contributed by atoms with Gasteiger partial charge in [-0.25, -0.2) is 0 Å². The van der Waals surface area contributed by atoms with E-state index >= 15 is 0 Å². The molecule has 3 nitrogen and oxygen atoms in total. The molecule has 1 saturated heterocycles. The second-order valence-electron chi connectivity index (χ2n) is 6.25. The number of ether oxygens (including phenoxy) is 2. The van der Waals surface area contributed by atoms with E-state index < -0.39 is 0 Å². The molecule has 1 aliphatic heterocycles. The van der Waals surface area contributed by atoms with Crippen LogP contribution in [0.5, 0.6) is 5.75 Å². The predicted octanol–water partition coefficient (Wildman–Crippen LogP) is 3.48. The molecule has 0 saturated carbocycles. The van der Waals surface area contributed by atoms with Gasteiger partial charge in [0.05, 0.1) is 18.1 Å². The van der Waals surface area contributed by atoms with Gasteiger partial charge in [0.25, 0.3) is 0 Å². The highest BCUT2D eigenvalue weighted by molar-refractivity contribution is 5.29. The quantitative estimate of drug-likeness (QED) is 0.834. The smallest absolute Gasteiger partial charge is 0.130 e. The largest absolute Gasteiger partial charge is 0.487 e. The van der Waals surface area contributed by atoms with E-state index in [1.807, 2.05) is 24.3 Å². The molecule has 19 heavy (non-hydrogen) atoms. The van der Waals surface area contributed by atoms with Crippen LogP contribution in [0.4, 0.5) is 0 Å². The number of hydrogen-bond acceptors (Lipinski definition) is 3. The zero-order valence-electron chi connectivity index (χ0n) is 12.1. The molecule has 0 bridgehead atoms. The second-order valence-corrected chi connectivity index (χ2v) is 6.25. The van der Waals surface area contributed by atoms with E-state index in [0.29, 0.717) is 6.42 Å². The zero-order chi connectivity index (χ0) is 14.1.